The zero-order valence-corrected chi connectivity index (χ0v) is 16.3. The van der Waals surface area contributed by atoms with Gasteiger partial charge >= 0.3 is 0 Å². The van der Waals surface area contributed by atoms with Crippen LogP contribution in [0.4, 0.5) is 10.8 Å². The maximum absolute atomic E-state index is 12.4. The summed E-state index contributed by atoms with van der Waals surface area (Å²) in [7, 11) is 0. The van der Waals surface area contributed by atoms with Gasteiger partial charge in [-0.25, -0.2) is 9.98 Å². The highest BCUT2D eigenvalue weighted by Crippen LogP contribution is 2.24. The topological polar surface area (TPSA) is 101 Å². The van der Waals surface area contributed by atoms with Crippen LogP contribution in [0, 0.1) is 5.92 Å². The van der Waals surface area contributed by atoms with Crippen molar-refractivity contribution in [3.63, 3.8) is 0 Å². The summed E-state index contributed by atoms with van der Waals surface area (Å²) >= 11 is 1.24. The minimum absolute atomic E-state index is 0.109. The van der Waals surface area contributed by atoms with E-state index >= 15 is 0 Å². The van der Waals surface area contributed by atoms with Crippen molar-refractivity contribution in [2.45, 2.75) is 26.2 Å². The fourth-order valence-corrected chi connectivity index (χ4v) is 3.41. The van der Waals surface area contributed by atoms with Gasteiger partial charge in [-0.3, -0.25) is 14.4 Å². The zero-order valence-electron chi connectivity index (χ0n) is 15.5. The van der Waals surface area contributed by atoms with Gasteiger partial charge in [0, 0.05) is 23.4 Å². The minimum Gasteiger partial charge on any atom is -0.325 e. The molecule has 7 nitrogen and oxygen atoms in total. The molecular formula is C20H20N4O3S. The number of rotatable bonds is 6. The van der Waals surface area contributed by atoms with Crippen molar-refractivity contribution in [3.8, 4) is 0 Å². The molecule has 1 aliphatic heterocycles. The van der Waals surface area contributed by atoms with Gasteiger partial charge in [0.1, 0.15) is 0 Å². The van der Waals surface area contributed by atoms with E-state index in [-0.39, 0.29) is 24.1 Å². The summed E-state index contributed by atoms with van der Waals surface area (Å²) < 4.78 is 0. The van der Waals surface area contributed by atoms with Crippen LogP contribution in [0.5, 0.6) is 0 Å². The van der Waals surface area contributed by atoms with Gasteiger partial charge < -0.3 is 10.6 Å². The zero-order chi connectivity index (χ0) is 20.1. The molecule has 0 saturated heterocycles. The lowest BCUT2D eigenvalue weighted by molar-refractivity contribution is -0.117. The van der Waals surface area contributed by atoms with Crippen LogP contribution in [-0.4, -0.2) is 28.9 Å². The number of para-hydroxylation sites is 1. The molecule has 0 saturated carbocycles. The Labute approximate surface area is 166 Å². The predicted octanol–water partition coefficient (Wildman–Crippen LogP) is 3.17. The summed E-state index contributed by atoms with van der Waals surface area (Å²) in [5.74, 6) is -1.20. The Bertz CT molecular complexity index is 946. The number of aliphatic imine (C=N–C) groups is 1. The molecule has 0 radical (unpaired) electrons. The number of nitrogens with one attached hydrogen (secondary N) is 2. The van der Waals surface area contributed by atoms with Gasteiger partial charge in [-0.1, -0.05) is 38.1 Å². The number of dihydropyridines is 1. The van der Waals surface area contributed by atoms with Gasteiger partial charge in [0.2, 0.25) is 11.8 Å². The lowest BCUT2D eigenvalue weighted by Crippen LogP contribution is -2.24. The predicted molar refractivity (Wildman–Crippen MR) is 110 cm³/mol. The monoisotopic (exact) mass is 396 g/mol. The molecular weight excluding hydrogens is 376 g/mol. The number of nitrogens with zero attached hydrogens (tertiary/aromatic N) is 2. The quantitative estimate of drug-likeness (QED) is 0.783. The number of carbonyl (C=O) groups excluding carboxylic acids is 3. The SMILES string of the molecule is CC(C)c1ccccc1NC(=O)Cc1csc(NC(=O)C2C=CC(=O)N=C2)n1. The van der Waals surface area contributed by atoms with E-state index in [4.69, 9.17) is 0 Å². The number of anilines is 2. The smallest absolute Gasteiger partial charge is 0.269 e. The number of aromatic nitrogens is 1. The van der Waals surface area contributed by atoms with Gasteiger partial charge in [0.25, 0.3) is 5.91 Å². The molecule has 2 aromatic rings. The number of amides is 3. The minimum atomic E-state index is -0.610. The van der Waals surface area contributed by atoms with Crippen LogP contribution < -0.4 is 10.6 Å². The summed E-state index contributed by atoms with van der Waals surface area (Å²) in [5, 5.41) is 7.73. The molecule has 0 bridgehead atoms. The Kier molecular flexibility index (Phi) is 6.10. The van der Waals surface area contributed by atoms with E-state index in [2.05, 4.69) is 34.5 Å². The van der Waals surface area contributed by atoms with Crippen molar-refractivity contribution in [1.82, 2.24) is 4.98 Å². The number of carbonyl (C=O) groups is 3. The molecule has 2 heterocycles. The highest BCUT2D eigenvalue weighted by molar-refractivity contribution is 7.14. The fraction of sp³-hybridized carbons (Fsp3) is 0.250. The highest BCUT2D eigenvalue weighted by Gasteiger charge is 2.18. The van der Waals surface area contributed by atoms with Crippen LogP contribution in [0.25, 0.3) is 0 Å². The van der Waals surface area contributed by atoms with Gasteiger partial charge in [0.15, 0.2) is 5.13 Å². The van der Waals surface area contributed by atoms with E-state index in [1.54, 1.807) is 5.38 Å². The second-order valence-corrected chi connectivity index (χ2v) is 7.46. The first-order valence-electron chi connectivity index (χ1n) is 8.83. The third kappa shape index (κ3) is 4.98. The van der Waals surface area contributed by atoms with E-state index in [9.17, 15) is 14.4 Å². The molecule has 28 heavy (non-hydrogen) atoms. The molecule has 1 aliphatic rings. The third-order valence-electron chi connectivity index (χ3n) is 4.09. The molecule has 3 rings (SSSR count). The van der Waals surface area contributed by atoms with E-state index < -0.39 is 5.92 Å². The maximum Gasteiger partial charge on any atom is 0.269 e. The Hall–Kier alpha value is -3.13. The molecule has 8 heteroatoms. The van der Waals surface area contributed by atoms with Gasteiger partial charge in [0.05, 0.1) is 18.0 Å². The molecule has 1 aromatic heterocycles. The number of benzene rings is 1. The Balaban J connectivity index is 1.58. The molecule has 1 atom stereocenters. The van der Waals surface area contributed by atoms with Gasteiger partial charge in [-0.05, 0) is 17.5 Å². The average Bonchev–Trinajstić information content (AvgIpc) is 3.09. The van der Waals surface area contributed by atoms with Crippen molar-refractivity contribution >= 4 is 46.1 Å². The third-order valence-corrected chi connectivity index (χ3v) is 4.90. The number of hydrogen-bond acceptors (Lipinski definition) is 5. The molecule has 0 spiro atoms. The standard InChI is InChI=1S/C20H20N4O3S/c1-12(2)15-5-3-4-6-16(15)23-18(26)9-14-11-28-20(22-14)24-19(27)13-7-8-17(25)21-10-13/h3-8,10-13H,9H2,1-2H3,(H,23,26)(H,22,24,27). The van der Waals surface area contributed by atoms with Crippen molar-refractivity contribution < 1.29 is 14.4 Å². The van der Waals surface area contributed by atoms with E-state index in [0.717, 1.165) is 11.3 Å². The number of hydrogen-bond donors (Lipinski definition) is 2. The lowest BCUT2D eigenvalue weighted by atomic mass is 10.0. The Morgan fingerprint density at radius 2 is 2.00 bits per heavy atom. The van der Waals surface area contributed by atoms with Crippen LogP contribution in [0.15, 0.2) is 46.8 Å². The summed E-state index contributed by atoms with van der Waals surface area (Å²) in [5.41, 5.74) is 2.44. The molecule has 2 N–H and O–H groups in total. The molecule has 1 aromatic carbocycles. The highest BCUT2D eigenvalue weighted by atomic mass is 32.1. The van der Waals surface area contributed by atoms with Crippen molar-refractivity contribution in [3.05, 3.63) is 53.1 Å². The van der Waals surface area contributed by atoms with E-state index in [1.165, 1.54) is 29.7 Å². The van der Waals surface area contributed by atoms with Crippen LogP contribution in [0.3, 0.4) is 0 Å². The molecule has 0 fully saturated rings. The maximum atomic E-state index is 12.4. The number of thiazole rings is 1. The normalized spacial score (nSPS) is 15.7. The average molecular weight is 396 g/mol. The largest absolute Gasteiger partial charge is 0.325 e. The Morgan fingerprint density at radius 3 is 2.71 bits per heavy atom. The molecule has 0 aliphatic carbocycles. The first kappa shape index (κ1) is 19.6. The summed E-state index contributed by atoms with van der Waals surface area (Å²) in [6, 6.07) is 7.70. The molecule has 1 unspecified atom stereocenters. The fourth-order valence-electron chi connectivity index (χ4n) is 2.70. The van der Waals surface area contributed by atoms with E-state index in [0.29, 0.717) is 16.7 Å². The summed E-state index contributed by atoms with van der Waals surface area (Å²) in [6.45, 7) is 4.14. The van der Waals surface area contributed by atoms with Crippen molar-refractivity contribution in [1.29, 1.82) is 0 Å². The van der Waals surface area contributed by atoms with Crippen LogP contribution >= 0.6 is 11.3 Å². The second kappa shape index (κ2) is 8.71. The molecule has 3 amide bonds. The van der Waals surface area contributed by atoms with E-state index in [1.807, 2.05) is 24.3 Å². The second-order valence-electron chi connectivity index (χ2n) is 6.60. The van der Waals surface area contributed by atoms with Crippen molar-refractivity contribution in [2.24, 2.45) is 10.9 Å². The first-order chi connectivity index (χ1) is 13.4. The van der Waals surface area contributed by atoms with Crippen molar-refractivity contribution in [2.75, 3.05) is 10.6 Å². The molecule has 144 valence electrons. The summed E-state index contributed by atoms with van der Waals surface area (Å²) in [4.78, 5) is 43.5. The summed E-state index contributed by atoms with van der Waals surface area (Å²) in [6.07, 6.45) is 4.15. The van der Waals surface area contributed by atoms with Gasteiger partial charge in [-0.2, -0.15) is 0 Å². The van der Waals surface area contributed by atoms with Crippen LogP contribution in [0.1, 0.15) is 31.0 Å². The van der Waals surface area contributed by atoms with Crippen LogP contribution in [-0.2, 0) is 20.8 Å². The Morgan fingerprint density at radius 1 is 1.21 bits per heavy atom. The van der Waals surface area contributed by atoms with Crippen LogP contribution in [0.2, 0.25) is 0 Å². The van der Waals surface area contributed by atoms with Gasteiger partial charge in [-0.15, -0.1) is 11.3 Å². The first-order valence-corrected chi connectivity index (χ1v) is 9.70. The lowest BCUT2D eigenvalue weighted by Gasteiger charge is -2.13.